The van der Waals surface area contributed by atoms with Crippen LogP contribution in [0.5, 0.6) is 0 Å². The third-order valence-corrected chi connectivity index (χ3v) is 5.36. The van der Waals surface area contributed by atoms with Gasteiger partial charge in [0, 0.05) is 19.4 Å². The van der Waals surface area contributed by atoms with E-state index in [9.17, 15) is 20.1 Å². The molecule has 0 bridgehead atoms. The van der Waals surface area contributed by atoms with E-state index in [0.29, 0.717) is 0 Å². The van der Waals surface area contributed by atoms with Gasteiger partial charge in [0.15, 0.2) is 19.0 Å². The molecule has 1 heterocycles. The van der Waals surface area contributed by atoms with Crippen LogP contribution < -0.4 is 5.32 Å². The van der Waals surface area contributed by atoms with Crippen LogP contribution in [0.1, 0.15) is 26.7 Å². The molecule has 5 unspecified atom stereocenters. The summed E-state index contributed by atoms with van der Waals surface area (Å²) in [6.45, 7) is 3.14. The zero-order chi connectivity index (χ0) is 18.8. The minimum absolute atomic E-state index is 0.0581. The summed E-state index contributed by atoms with van der Waals surface area (Å²) >= 11 is 0. The lowest BCUT2D eigenvalue weighted by Gasteiger charge is -2.40. The van der Waals surface area contributed by atoms with Gasteiger partial charge in [-0.3, -0.25) is 4.79 Å². The number of nitrogens with one attached hydrogen (secondary N) is 1. The molecule has 2 rings (SSSR count). The van der Waals surface area contributed by atoms with Crippen molar-refractivity contribution < 1.29 is 39.4 Å². The smallest absolute Gasteiger partial charge is 0.217 e. The molecule has 9 nitrogen and oxygen atoms in total. The van der Waals surface area contributed by atoms with Crippen molar-refractivity contribution in [2.75, 3.05) is 20.3 Å². The van der Waals surface area contributed by atoms with E-state index in [1.807, 2.05) is 6.92 Å². The van der Waals surface area contributed by atoms with E-state index < -0.39 is 30.7 Å². The van der Waals surface area contributed by atoms with Gasteiger partial charge in [0.05, 0.1) is 18.8 Å². The number of hydrogen-bond acceptors (Lipinski definition) is 7. The summed E-state index contributed by atoms with van der Waals surface area (Å²) in [6, 6.07) is -0.339. The Morgan fingerprint density at radius 2 is 1.96 bits per heavy atom. The van der Waals surface area contributed by atoms with Gasteiger partial charge in [0.1, 0.15) is 18.3 Å². The molecule has 146 valence electrons. The van der Waals surface area contributed by atoms with Gasteiger partial charge in [-0.1, -0.05) is 0 Å². The Bertz CT molecular complexity index is 455. The lowest BCUT2D eigenvalue weighted by molar-refractivity contribution is -0.303. The second-order valence-electron chi connectivity index (χ2n) is 6.92. The normalized spacial score (nSPS) is 36.5. The first kappa shape index (κ1) is 20.5. The van der Waals surface area contributed by atoms with E-state index in [0.717, 1.165) is 12.8 Å². The first-order valence-electron chi connectivity index (χ1n) is 8.52. The monoisotopic (exact) mass is 364 g/mol. The van der Waals surface area contributed by atoms with Crippen LogP contribution in [0.25, 0.3) is 0 Å². The molecule has 6 N–H and O–H groups in total. The second kappa shape index (κ2) is 8.26. The van der Waals surface area contributed by atoms with Gasteiger partial charge in [0.2, 0.25) is 5.91 Å². The molecule has 0 aromatic rings. The number of amides is 1. The van der Waals surface area contributed by atoms with E-state index in [1.165, 1.54) is 6.92 Å². The zero-order valence-corrected chi connectivity index (χ0v) is 14.8. The number of rotatable bonds is 8. The third-order valence-electron chi connectivity index (χ3n) is 5.36. The zero-order valence-electron chi connectivity index (χ0n) is 14.8. The van der Waals surface area contributed by atoms with Gasteiger partial charge in [-0.2, -0.15) is 0 Å². The molecule has 2 aliphatic rings. The summed E-state index contributed by atoms with van der Waals surface area (Å²) in [5.74, 6) is -0.201. The molecule has 0 aromatic carbocycles. The van der Waals surface area contributed by atoms with E-state index in [1.54, 1.807) is 7.11 Å². The van der Waals surface area contributed by atoms with Gasteiger partial charge in [-0.25, -0.2) is 0 Å². The van der Waals surface area contributed by atoms with Crippen molar-refractivity contribution in [3.05, 3.63) is 0 Å². The minimum atomic E-state index is -1.46. The molecule has 0 spiro atoms. The Morgan fingerprint density at radius 1 is 1.32 bits per heavy atom. The summed E-state index contributed by atoms with van der Waals surface area (Å²) in [4.78, 5) is 11.6. The molecule has 0 radical (unpaired) electrons. The Balaban J connectivity index is 2.03. The highest BCUT2D eigenvalue weighted by Crippen LogP contribution is 2.52. The molecule has 25 heavy (non-hydrogen) atoms. The number of aliphatic hydroxyl groups is 3. The van der Waals surface area contributed by atoms with Crippen molar-refractivity contribution in [1.29, 1.82) is 0 Å². The Labute approximate surface area is 146 Å². The van der Waals surface area contributed by atoms with E-state index in [4.69, 9.17) is 19.3 Å². The Kier molecular flexibility index (Phi) is 6.77. The number of carbonyl (C=O) groups excluding carboxylic acids is 1. The molecule has 1 saturated heterocycles. The van der Waals surface area contributed by atoms with Crippen LogP contribution in [0.3, 0.4) is 0 Å². The average molecular weight is 364 g/mol. The summed E-state index contributed by atoms with van der Waals surface area (Å²) in [5.41, 5.74) is -0.243. The van der Waals surface area contributed by atoms with E-state index in [2.05, 4.69) is 5.32 Å². The van der Waals surface area contributed by atoms with Crippen LogP contribution in [-0.4, -0.2) is 89.5 Å². The molecule has 1 amide bonds. The standard InChI is InChI=1S/C16H29NO8/c1-8(23-3)16(4-5-16)11(17-9(2)19)7-24-15-14(22)13(21)12(20)10(6-18)25-15/h8,10-15,18,20-22H,4-7H2,1-3H3,(H,17,19)/p+1/t8-,10?,11+,12?,13?,14?,15?/m1/s1. The van der Waals surface area contributed by atoms with Crippen molar-refractivity contribution in [1.82, 2.24) is 5.32 Å². The van der Waals surface area contributed by atoms with Gasteiger partial charge >= 0.3 is 0 Å². The predicted molar refractivity (Wildman–Crippen MR) is 86.9 cm³/mol. The fourth-order valence-corrected chi connectivity index (χ4v) is 3.43. The molecule has 1 aliphatic heterocycles. The van der Waals surface area contributed by atoms with Crippen LogP contribution in [0, 0.1) is 5.41 Å². The lowest BCUT2D eigenvalue weighted by Crippen LogP contribution is -2.60. The second-order valence-corrected chi connectivity index (χ2v) is 6.92. The Morgan fingerprint density at radius 3 is 2.44 bits per heavy atom. The summed E-state index contributed by atoms with van der Waals surface area (Å²) in [7, 11) is 1.61. The SMILES string of the molecule is CO[C@H](C)C1([C@H](COC2OC(C[OH2+])C(O)C(O)C2O)NC(C)=O)CC1. The van der Waals surface area contributed by atoms with Gasteiger partial charge < -0.3 is 40.0 Å². The molecule has 1 saturated carbocycles. The molecule has 2 fully saturated rings. The first-order chi connectivity index (χ1) is 11.8. The maximum absolute atomic E-state index is 11.6. The maximum Gasteiger partial charge on any atom is 0.217 e. The fraction of sp³-hybridized carbons (Fsp3) is 0.938. The lowest BCUT2D eigenvalue weighted by atomic mass is 9.91. The van der Waals surface area contributed by atoms with Crippen LogP contribution in [0.2, 0.25) is 0 Å². The Hall–Kier alpha value is -0.810. The highest BCUT2D eigenvalue weighted by Gasteiger charge is 2.55. The maximum atomic E-state index is 11.6. The minimum Gasteiger partial charge on any atom is -0.443 e. The molecular formula is C16H30NO8+. The summed E-state index contributed by atoms with van der Waals surface area (Å²) in [6.07, 6.45) is -4.71. The van der Waals surface area contributed by atoms with Crippen LogP contribution in [0.15, 0.2) is 0 Å². The fourth-order valence-electron chi connectivity index (χ4n) is 3.43. The van der Waals surface area contributed by atoms with Crippen molar-refractivity contribution in [3.8, 4) is 0 Å². The molecule has 7 atom stereocenters. The molecular weight excluding hydrogens is 334 g/mol. The summed E-state index contributed by atoms with van der Waals surface area (Å²) < 4.78 is 16.5. The van der Waals surface area contributed by atoms with Gasteiger partial charge in [-0.15, -0.1) is 0 Å². The van der Waals surface area contributed by atoms with E-state index in [-0.39, 0.29) is 36.7 Å². The third kappa shape index (κ3) is 4.30. The van der Waals surface area contributed by atoms with Crippen molar-refractivity contribution in [2.45, 2.75) is 69.5 Å². The number of methoxy groups -OCH3 is 1. The highest BCUT2D eigenvalue weighted by atomic mass is 16.7. The molecule has 9 heteroatoms. The topological polar surface area (TPSA) is 140 Å². The number of hydrogen-bond donors (Lipinski definition) is 4. The number of aliphatic hydroxyl groups excluding tert-OH is 3. The van der Waals surface area contributed by atoms with Crippen molar-refractivity contribution >= 4 is 5.91 Å². The highest BCUT2D eigenvalue weighted by molar-refractivity contribution is 5.73. The largest absolute Gasteiger partial charge is 0.443 e. The van der Waals surface area contributed by atoms with Crippen molar-refractivity contribution in [2.24, 2.45) is 5.41 Å². The quantitative estimate of drug-likeness (QED) is 0.360. The molecule has 0 aromatic heterocycles. The van der Waals surface area contributed by atoms with Crippen LogP contribution >= 0.6 is 0 Å². The van der Waals surface area contributed by atoms with Crippen LogP contribution in [-0.2, 0) is 19.0 Å². The van der Waals surface area contributed by atoms with Gasteiger partial charge in [-0.05, 0) is 19.8 Å². The number of ether oxygens (including phenoxy) is 3. The number of carbonyl (C=O) groups is 1. The molecule has 1 aliphatic carbocycles. The van der Waals surface area contributed by atoms with E-state index >= 15 is 0 Å². The predicted octanol–water partition coefficient (Wildman–Crippen LogP) is -2.14. The average Bonchev–Trinajstić information content (AvgIpc) is 3.38. The summed E-state index contributed by atoms with van der Waals surface area (Å²) in [5, 5.41) is 40.0. The van der Waals surface area contributed by atoms with Gasteiger partial charge in [0.25, 0.3) is 0 Å². The first-order valence-corrected chi connectivity index (χ1v) is 8.52. The van der Waals surface area contributed by atoms with Crippen LogP contribution in [0.4, 0.5) is 0 Å². The van der Waals surface area contributed by atoms with Crippen molar-refractivity contribution in [3.63, 3.8) is 0 Å².